The Labute approximate surface area is 133 Å². The second-order valence-corrected chi connectivity index (χ2v) is 6.22. The van der Waals surface area contributed by atoms with Crippen molar-refractivity contribution < 1.29 is 19.4 Å². The number of ether oxygens (including phenoxy) is 2. The Morgan fingerprint density at radius 1 is 1.36 bits per heavy atom. The van der Waals surface area contributed by atoms with Crippen LogP contribution in [0.3, 0.4) is 0 Å². The number of carbonyl (C=O) groups excluding carboxylic acids is 1. The van der Waals surface area contributed by atoms with E-state index in [2.05, 4.69) is 13.0 Å². The minimum atomic E-state index is -1.23. The molecule has 0 aromatic heterocycles. The fraction of sp³-hybridized carbons (Fsp3) is 0.611. The van der Waals surface area contributed by atoms with Gasteiger partial charge in [0.15, 0.2) is 0 Å². The van der Waals surface area contributed by atoms with Crippen LogP contribution in [0.2, 0.25) is 0 Å². The van der Waals surface area contributed by atoms with Crippen LogP contribution in [0.4, 0.5) is 0 Å². The zero-order chi connectivity index (χ0) is 16.8. The molecule has 0 radical (unpaired) electrons. The lowest BCUT2D eigenvalue weighted by Gasteiger charge is -2.21. The molecule has 1 heterocycles. The van der Waals surface area contributed by atoms with Crippen LogP contribution in [-0.4, -0.2) is 36.0 Å². The summed E-state index contributed by atoms with van der Waals surface area (Å²) in [5.74, 6) is -0.165. The first-order valence-electron chi connectivity index (χ1n) is 7.76. The summed E-state index contributed by atoms with van der Waals surface area (Å²) in [6.07, 6.45) is 9.78. The molecule has 1 aliphatic rings. The minimum absolute atomic E-state index is 0.160. The second-order valence-electron chi connectivity index (χ2n) is 6.22. The summed E-state index contributed by atoms with van der Waals surface area (Å²) < 4.78 is 10.8. The van der Waals surface area contributed by atoms with E-state index in [1.807, 2.05) is 13.8 Å². The van der Waals surface area contributed by atoms with E-state index in [1.165, 1.54) is 12.2 Å². The largest absolute Gasteiger partial charge is 0.459 e. The second kappa shape index (κ2) is 8.30. The van der Waals surface area contributed by atoms with Crippen molar-refractivity contribution in [3.8, 4) is 0 Å². The third-order valence-electron chi connectivity index (χ3n) is 4.06. The number of allylic oxidation sites excluding steroid dienone is 1. The van der Waals surface area contributed by atoms with Crippen LogP contribution >= 0.6 is 0 Å². The Morgan fingerprint density at radius 3 is 2.68 bits per heavy atom. The maximum absolute atomic E-state index is 11.8. The number of esters is 1. The number of hydrogen-bond acceptors (Lipinski definition) is 4. The van der Waals surface area contributed by atoms with Gasteiger partial charge in [0.2, 0.25) is 0 Å². The van der Waals surface area contributed by atoms with Crippen molar-refractivity contribution in [1.29, 1.82) is 0 Å². The lowest BCUT2D eigenvalue weighted by molar-refractivity contribution is -0.144. The van der Waals surface area contributed by atoms with Crippen molar-refractivity contribution in [3.63, 3.8) is 0 Å². The maximum atomic E-state index is 11.8. The molecular formula is C18H28O4. The molecule has 1 rings (SSSR count). The zero-order valence-electron chi connectivity index (χ0n) is 14.2. The summed E-state index contributed by atoms with van der Waals surface area (Å²) in [6, 6.07) is 0. The van der Waals surface area contributed by atoms with Crippen LogP contribution in [0.1, 0.15) is 40.5 Å². The average molecular weight is 308 g/mol. The molecule has 0 spiro atoms. The standard InChI is InChI=1S/C18H28O4/c1-13-7-6-8-14(2)16(21-5)9-11-18(4,20)12-10-17(19)22-15(13)3/h8-13,15-16,20H,6-7H2,1-5H3/t13?,15?,16?,18-/m1/s1. The summed E-state index contributed by atoms with van der Waals surface area (Å²) >= 11 is 0. The van der Waals surface area contributed by atoms with E-state index in [-0.39, 0.29) is 18.1 Å². The summed E-state index contributed by atoms with van der Waals surface area (Å²) in [5, 5.41) is 10.3. The van der Waals surface area contributed by atoms with E-state index in [0.29, 0.717) is 0 Å². The molecule has 124 valence electrons. The van der Waals surface area contributed by atoms with Crippen molar-refractivity contribution in [3.05, 3.63) is 36.0 Å². The van der Waals surface area contributed by atoms with Crippen LogP contribution < -0.4 is 0 Å². The van der Waals surface area contributed by atoms with Crippen LogP contribution in [-0.2, 0) is 14.3 Å². The lowest BCUT2D eigenvalue weighted by Crippen LogP contribution is -2.23. The number of cyclic esters (lactones) is 1. The highest BCUT2D eigenvalue weighted by molar-refractivity contribution is 5.82. The van der Waals surface area contributed by atoms with Gasteiger partial charge in [-0.15, -0.1) is 0 Å². The van der Waals surface area contributed by atoms with Crippen molar-refractivity contribution in [2.24, 2.45) is 5.92 Å². The Morgan fingerprint density at radius 2 is 2.05 bits per heavy atom. The zero-order valence-corrected chi connectivity index (χ0v) is 14.2. The molecule has 4 heteroatoms. The van der Waals surface area contributed by atoms with E-state index < -0.39 is 11.6 Å². The van der Waals surface area contributed by atoms with E-state index in [4.69, 9.17) is 9.47 Å². The smallest absolute Gasteiger partial charge is 0.330 e. The fourth-order valence-electron chi connectivity index (χ4n) is 2.25. The highest BCUT2D eigenvalue weighted by atomic mass is 16.5. The van der Waals surface area contributed by atoms with Crippen molar-refractivity contribution in [2.75, 3.05) is 7.11 Å². The molecular weight excluding hydrogens is 280 g/mol. The molecule has 4 atom stereocenters. The number of hydrogen-bond donors (Lipinski definition) is 1. The van der Waals surface area contributed by atoms with Crippen molar-refractivity contribution in [1.82, 2.24) is 0 Å². The number of rotatable bonds is 1. The molecule has 0 aromatic carbocycles. The van der Waals surface area contributed by atoms with Crippen molar-refractivity contribution in [2.45, 2.75) is 58.3 Å². The molecule has 0 aliphatic carbocycles. The van der Waals surface area contributed by atoms with E-state index in [9.17, 15) is 9.90 Å². The van der Waals surface area contributed by atoms with Gasteiger partial charge in [-0.05, 0) is 51.2 Å². The maximum Gasteiger partial charge on any atom is 0.330 e. The first-order chi connectivity index (χ1) is 10.2. The molecule has 0 saturated carbocycles. The molecule has 1 N–H and O–H groups in total. The molecule has 4 nitrogen and oxygen atoms in total. The van der Waals surface area contributed by atoms with Gasteiger partial charge in [0, 0.05) is 13.2 Å². The van der Waals surface area contributed by atoms with Crippen molar-refractivity contribution >= 4 is 5.97 Å². The monoisotopic (exact) mass is 308 g/mol. The Bertz CT molecular complexity index is 460. The molecule has 0 aromatic rings. The highest BCUT2D eigenvalue weighted by Crippen LogP contribution is 2.19. The normalized spacial score (nSPS) is 34.7. The van der Waals surface area contributed by atoms with Crippen LogP contribution in [0.15, 0.2) is 36.0 Å². The van der Waals surface area contributed by atoms with Gasteiger partial charge < -0.3 is 14.6 Å². The van der Waals surface area contributed by atoms with Gasteiger partial charge in [0.25, 0.3) is 0 Å². The van der Waals surface area contributed by atoms with Gasteiger partial charge in [-0.2, -0.15) is 0 Å². The number of methoxy groups -OCH3 is 1. The van der Waals surface area contributed by atoms with Gasteiger partial charge in [-0.1, -0.05) is 25.2 Å². The molecule has 3 unspecified atom stereocenters. The Hall–Kier alpha value is -1.39. The number of aliphatic hydroxyl groups is 1. The first kappa shape index (κ1) is 18.7. The molecule has 1 aliphatic heterocycles. The minimum Gasteiger partial charge on any atom is -0.459 e. The fourth-order valence-corrected chi connectivity index (χ4v) is 2.25. The van der Waals surface area contributed by atoms with Gasteiger partial charge in [-0.25, -0.2) is 4.79 Å². The Kier molecular flexibility index (Phi) is 7.04. The van der Waals surface area contributed by atoms with Crippen LogP contribution in [0, 0.1) is 5.92 Å². The van der Waals surface area contributed by atoms with Gasteiger partial charge in [0.05, 0.1) is 11.7 Å². The third-order valence-corrected chi connectivity index (χ3v) is 4.06. The topological polar surface area (TPSA) is 55.8 Å². The van der Waals surface area contributed by atoms with E-state index in [0.717, 1.165) is 18.4 Å². The predicted octanol–water partition coefficient (Wildman–Crippen LogP) is 3.17. The Balaban J connectivity index is 3.04. The van der Waals surface area contributed by atoms with Gasteiger partial charge in [0.1, 0.15) is 6.10 Å². The summed E-state index contributed by atoms with van der Waals surface area (Å²) in [7, 11) is 1.64. The van der Waals surface area contributed by atoms with Gasteiger partial charge in [-0.3, -0.25) is 0 Å². The SMILES string of the molecule is COC1C=C[C@@](C)(O)C=CC(=O)OC(C)C(C)CCC=C1C. The third kappa shape index (κ3) is 6.16. The van der Waals surface area contributed by atoms with E-state index >= 15 is 0 Å². The van der Waals surface area contributed by atoms with Crippen LogP contribution in [0.25, 0.3) is 0 Å². The lowest BCUT2D eigenvalue weighted by atomic mass is 9.97. The van der Waals surface area contributed by atoms with Gasteiger partial charge >= 0.3 is 5.97 Å². The average Bonchev–Trinajstić information content (AvgIpc) is 2.44. The molecule has 0 saturated heterocycles. The highest BCUT2D eigenvalue weighted by Gasteiger charge is 2.18. The molecule has 0 bridgehead atoms. The van der Waals surface area contributed by atoms with E-state index in [1.54, 1.807) is 26.2 Å². The summed E-state index contributed by atoms with van der Waals surface area (Å²) in [6.45, 7) is 7.59. The van der Waals surface area contributed by atoms with Crippen LogP contribution in [0.5, 0.6) is 0 Å². The quantitative estimate of drug-likeness (QED) is 0.597. The molecule has 0 amide bonds. The predicted molar refractivity (Wildman–Crippen MR) is 87.4 cm³/mol. The molecule has 0 fully saturated rings. The first-order valence-corrected chi connectivity index (χ1v) is 7.76. The number of carbonyl (C=O) groups is 1. The summed E-state index contributed by atoms with van der Waals surface area (Å²) in [5.41, 5.74) is -0.123. The summed E-state index contributed by atoms with van der Waals surface area (Å²) in [4.78, 5) is 11.8. The molecule has 22 heavy (non-hydrogen) atoms.